The normalized spacial score (nSPS) is 11.1. The van der Waals surface area contributed by atoms with Gasteiger partial charge in [0.25, 0.3) is 0 Å². The Bertz CT molecular complexity index is 827. The molecule has 0 unspecified atom stereocenters. The van der Waals surface area contributed by atoms with E-state index in [1.54, 1.807) is 20.5 Å². The molecular formula is C17H22N6O2. The lowest BCUT2D eigenvalue weighted by atomic mass is 10.3. The van der Waals surface area contributed by atoms with E-state index < -0.39 is 0 Å². The van der Waals surface area contributed by atoms with E-state index in [1.165, 1.54) is 6.33 Å². The average Bonchev–Trinajstić information content (AvgIpc) is 3.06. The summed E-state index contributed by atoms with van der Waals surface area (Å²) in [4.78, 5) is 15.2. The van der Waals surface area contributed by atoms with Crippen LogP contribution in [0, 0.1) is 0 Å². The molecule has 2 N–H and O–H groups in total. The van der Waals surface area contributed by atoms with Gasteiger partial charge < -0.3 is 20.1 Å². The number of nitrogens with zero attached hydrogens (tertiary/aromatic N) is 5. The molecule has 0 saturated carbocycles. The van der Waals surface area contributed by atoms with Gasteiger partial charge in [-0.25, -0.2) is 15.0 Å². The second-order valence-electron chi connectivity index (χ2n) is 5.51. The average molecular weight is 342 g/mol. The van der Waals surface area contributed by atoms with Crippen molar-refractivity contribution in [3.05, 3.63) is 36.9 Å². The van der Waals surface area contributed by atoms with E-state index in [9.17, 15) is 0 Å². The standard InChI is InChI=1S/C17H22N6O2/c1-24-9-7-22(8-10-25-2)16-15(18)17(20-11-19-16)23-12-21-13-5-3-4-6-14(13)23/h3-6,11-12H,7-10,18H2,1-2H3. The molecule has 132 valence electrons. The molecule has 0 aliphatic rings. The first kappa shape index (κ1) is 17.1. The van der Waals surface area contributed by atoms with Crippen molar-refractivity contribution < 1.29 is 9.47 Å². The summed E-state index contributed by atoms with van der Waals surface area (Å²) in [5.41, 5.74) is 8.74. The Morgan fingerprint density at radius 1 is 1.04 bits per heavy atom. The molecule has 3 rings (SSSR count). The fraction of sp³-hybridized carbons (Fsp3) is 0.353. The summed E-state index contributed by atoms with van der Waals surface area (Å²) in [5.74, 6) is 1.27. The maximum Gasteiger partial charge on any atom is 0.167 e. The first-order valence-electron chi connectivity index (χ1n) is 8.02. The minimum absolute atomic E-state index is 0.498. The SMILES string of the molecule is COCCN(CCOC)c1ncnc(-n2cnc3ccccc32)c1N. The highest BCUT2D eigenvalue weighted by molar-refractivity contribution is 5.80. The lowest BCUT2D eigenvalue weighted by Gasteiger charge is -2.25. The highest BCUT2D eigenvalue weighted by Gasteiger charge is 2.17. The van der Waals surface area contributed by atoms with Crippen molar-refractivity contribution >= 4 is 22.5 Å². The van der Waals surface area contributed by atoms with Gasteiger partial charge >= 0.3 is 0 Å². The van der Waals surface area contributed by atoms with E-state index in [4.69, 9.17) is 15.2 Å². The van der Waals surface area contributed by atoms with Gasteiger partial charge in [-0.15, -0.1) is 0 Å². The van der Waals surface area contributed by atoms with Crippen molar-refractivity contribution in [2.24, 2.45) is 0 Å². The smallest absolute Gasteiger partial charge is 0.167 e. The number of nitrogens with two attached hydrogens (primary N) is 1. The van der Waals surface area contributed by atoms with Crippen LogP contribution < -0.4 is 10.6 Å². The number of aromatic nitrogens is 4. The largest absolute Gasteiger partial charge is 0.393 e. The summed E-state index contributed by atoms with van der Waals surface area (Å²) in [6, 6.07) is 7.85. The molecule has 3 aromatic rings. The molecule has 1 aromatic carbocycles. The van der Waals surface area contributed by atoms with Crippen LogP contribution in [-0.2, 0) is 9.47 Å². The number of para-hydroxylation sites is 2. The van der Waals surface area contributed by atoms with Crippen LogP contribution in [0.25, 0.3) is 16.9 Å². The van der Waals surface area contributed by atoms with Crippen LogP contribution in [0.2, 0.25) is 0 Å². The van der Waals surface area contributed by atoms with Gasteiger partial charge in [0.1, 0.15) is 18.3 Å². The minimum Gasteiger partial charge on any atom is -0.393 e. The molecule has 0 bridgehead atoms. The molecule has 2 aromatic heterocycles. The highest BCUT2D eigenvalue weighted by atomic mass is 16.5. The molecule has 0 amide bonds. The molecule has 0 aliphatic carbocycles. The maximum absolute atomic E-state index is 6.41. The summed E-state index contributed by atoms with van der Waals surface area (Å²) >= 11 is 0. The third kappa shape index (κ3) is 3.54. The van der Waals surface area contributed by atoms with Crippen LogP contribution in [-0.4, -0.2) is 60.0 Å². The second-order valence-corrected chi connectivity index (χ2v) is 5.51. The molecule has 0 saturated heterocycles. The van der Waals surface area contributed by atoms with E-state index in [0.29, 0.717) is 43.6 Å². The molecule has 8 heteroatoms. The van der Waals surface area contributed by atoms with Crippen LogP contribution in [0.1, 0.15) is 0 Å². The van der Waals surface area contributed by atoms with Crippen LogP contribution in [0.5, 0.6) is 0 Å². The summed E-state index contributed by atoms with van der Waals surface area (Å²) in [7, 11) is 3.34. The third-order valence-corrected chi connectivity index (χ3v) is 3.95. The van der Waals surface area contributed by atoms with Crippen molar-refractivity contribution in [2.75, 3.05) is 51.2 Å². The number of imidazole rings is 1. The number of ether oxygens (including phenoxy) is 2. The molecule has 0 atom stereocenters. The van der Waals surface area contributed by atoms with E-state index in [1.807, 2.05) is 33.7 Å². The molecule has 0 aliphatic heterocycles. The number of hydrogen-bond acceptors (Lipinski definition) is 7. The molecule has 2 heterocycles. The van der Waals surface area contributed by atoms with Crippen LogP contribution in [0.4, 0.5) is 11.5 Å². The first-order chi connectivity index (χ1) is 12.3. The lowest BCUT2D eigenvalue weighted by Crippen LogP contribution is -2.32. The predicted molar refractivity (Wildman–Crippen MR) is 97.0 cm³/mol. The highest BCUT2D eigenvalue weighted by Crippen LogP contribution is 2.27. The van der Waals surface area contributed by atoms with Gasteiger partial charge in [-0.1, -0.05) is 12.1 Å². The van der Waals surface area contributed by atoms with Crippen molar-refractivity contribution in [1.82, 2.24) is 19.5 Å². The van der Waals surface area contributed by atoms with Gasteiger partial charge in [0.15, 0.2) is 11.6 Å². The maximum atomic E-state index is 6.41. The molecule has 0 radical (unpaired) electrons. The van der Waals surface area contributed by atoms with Crippen LogP contribution >= 0.6 is 0 Å². The van der Waals surface area contributed by atoms with Crippen molar-refractivity contribution in [3.8, 4) is 5.82 Å². The fourth-order valence-electron chi connectivity index (χ4n) is 2.68. The summed E-state index contributed by atoms with van der Waals surface area (Å²) in [6.45, 7) is 2.45. The predicted octanol–water partition coefficient (Wildman–Crippen LogP) is 1.50. The van der Waals surface area contributed by atoms with Crippen molar-refractivity contribution in [2.45, 2.75) is 0 Å². The Morgan fingerprint density at radius 2 is 1.76 bits per heavy atom. The van der Waals surface area contributed by atoms with E-state index in [-0.39, 0.29) is 0 Å². The molecule has 8 nitrogen and oxygen atoms in total. The number of rotatable bonds is 8. The molecular weight excluding hydrogens is 320 g/mol. The molecule has 0 spiro atoms. The minimum atomic E-state index is 0.498. The van der Waals surface area contributed by atoms with E-state index >= 15 is 0 Å². The number of methoxy groups -OCH3 is 2. The Hall–Kier alpha value is -2.71. The molecule has 0 fully saturated rings. The van der Waals surface area contributed by atoms with Crippen molar-refractivity contribution in [3.63, 3.8) is 0 Å². The van der Waals surface area contributed by atoms with Crippen LogP contribution in [0.15, 0.2) is 36.9 Å². The fourth-order valence-corrected chi connectivity index (χ4v) is 2.68. The number of anilines is 2. The first-order valence-corrected chi connectivity index (χ1v) is 8.02. The zero-order valence-electron chi connectivity index (χ0n) is 14.4. The Morgan fingerprint density at radius 3 is 2.48 bits per heavy atom. The van der Waals surface area contributed by atoms with Gasteiger partial charge in [0.2, 0.25) is 0 Å². The lowest BCUT2D eigenvalue weighted by molar-refractivity contribution is 0.190. The van der Waals surface area contributed by atoms with Gasteiger partial charge in [0.05, 0.1) is 24.2 Å². The number of benzene rings is 1. The van der Waals surface area contributed by atoms with E-state index in [0.717, 1.165) is 11.0 Å². The second kappa shape index (κ2) is 7.91. The Labute approximate surface area is 146 Å². The summed E-state index contributed by atoms with van der Waals surface area (Å²) in [6.07, 6.45) is 3.24. The zero-order valence-corrected chi connectivity index (χ0v) is 14.4. The van der Waals surface area contributed by atoms with Gasteiger partial charge in [0, 0.05) is 27.3 Å². The van der Waals surface area contributed by atoms with Crippen LogP contribution in [0.3, 0.4) is 0 Å². The van der Waals surface area contributed by atoms with Gasteiger partial charge in [-0.2, -0.15) is 0 Å². The van der Waals surface area contributed by atoms with Gasteiger partial charge in [-0.05, 0) is 12.1 Å². The summed E-state index contributed by atoms with van der Waals surface area (Å²) in [5, 5.41) is 0. The number of nitrogen functional groups attached to an aromatic ring is 1. The Balaban J connectivity index is 2.01. The Kier molecular flexibility index (Phi) is 5.42. The van der Waals surface area contributed by atoms with E-state index in [2.05, 4.69) is 15.0 Å². The van der Waals surface area contributed by atoms with Crippen molar-refractivity contribution in [1.29, 1.82) is 0 Å². The third-order valence-electron chi connectivity index (χ3n) is 3.95. The monoisotopic (exact) mass is 342 g/mol. The number of hydrogen-bond donors (Lipinski definition) is 1. The molecule has 25 heavy (non-hydrogen) atoms. The topological polar surface area (TPSA) is 91.3 Å². The van der Waals surface area contributed by atoms with Gasteiger partial charge in [-0.3, -0.25) is 4.57 Å². The quantitative estimate of drug-likeness (QED) is 0.663. The number of fused-ring (bicyclic) bond motifs is 1. The summed E-state index contributed by atoms with van der Waals surface area (Å²) < 4.78 is 12.3. The zero-order chi connectivity index (χ0) is 17.6.